The summed E-state index contributed by atoms with van der Waals surface area (Å²) in [6.45, 7) is 2.23. The molecule has 0 fully saturated rings. The van der Waals surface area contributed by atoms with E-state index in [9.17, 15) is 9.59 Å². The van der Waals surface area contributed by atoms with Crippen LogP contribution in [0.25, 0.3) is 21.8 Å². The van der Waals surface area contributed by atoms with Crippen LogP contribution in [0.2, 0.25) is 5.02 Å². The number of halogens is 1. The van der Waals surface area contributed by atoms with Crippen LogP contribution in [0.5, 0.6) is 0 Å². The predicted molar refractivity (Wildman–Crippen MR) is 116 cm³/mol. The number of fused-ring (bicyclic) bond motifs is 2. The number of aromatic amines is 1. The van der Waals surface area contributed by atoms with Crippen LogP contribution in [0, 0.1) is 0 Å². The predicted octanol–water partition coefficient (Wildman–Crippen LogP) is 4.09. The lowest BCUT2D eigenvalue weighted by Crippen LogP contribution is -2.29. The Morgan fingerprint density at radius 2 is 2.00 bits per heavy atom. The van der Waals surface area contributed by atoms with Crippen molar-refractivity contribution < 1.29 is 9.59 Å². The van der Waals surface area contributed by atoms with Crippen molar-refractivity contribution in [2.45, 2.75) is 19.9 Å². The van der Waals surface area contributed by atoms with E-state index in [1.54, 1.807) is 0 Å². The molecule has 0 saturated carbocycles. The van der Waals surface area contributed by atoms with Gasteiger partial charge in [-0.25, -0.2) is 0 Å². The summed E-state index contributed by atoms with van der Waals surface area (Å²) in [6.07, 6.45) is 4.53. The fourth-order valence-corrected chi connectivity index (χ4v) is 3.74. The Balaban J connectivity index is 1.40. The van der Waals surface area contributed by atoms with Gasteiger partial charge in [-0.05, 0) is 48.4 Å². The molecule has 0 aliphatic rings. The molecule has 0 saturated heterocycles. The number of H-pyrrole nitrogens is 1. The Hall–Kier alpha value is -3.25. The largest absolute Gasteiger partial charge is 0.361 e. The second-order valence-corrected chi connectivity index (χ2v) is 7.40. The van der Waals surface area contributed by atoms with Gasteiger partial charge in [0.15, 0.2) is 0 Å². The van der Waals surface area contributed by atoms with Crippen LogP contribution in [0.4, 0.5) is 5.69 Å². The van der Waals surface area contributed by atoms with E-state index in [2.05, 4.69) is 15.6 Å². The molecule has 0 unspecified atom stereocenters. The van der Waals surface area contributed by atoms with E-state index in [1.807, 2.05) is 59.4 Å². The van der Waals surface area contributed by atoms with Crippen molar-refractivity contribution in [1.29, 1.82) is 0 Å². The van der Waals surface area contributed by atoms with Crippen molar-refractivity contribution in [1.82, 2.24) is 14.9 Å². The summed E-state index contributed by atoms with van der Waals surface area (Å²) in [6, 6.07) is 13.3. The lowest BCUT2D eigenvalue weighted by molar-refractivity contribution is -0.121. The Morgan fingerprint density at radius 1 is 1.14 bits per heavy atom. The fourth-order valence-electron chi connectivity index (χ4n) is 3.56. The third-order valence-electron chi connectivity index (χ3n) is 4.88. The van der Waals surface area contributed by atoms with Crippen LogP contribution in [-0.2, 0) is 22.6 Å². The van der Waals surface area contributed by atoms with Gasteiger partial charge in [-0.2, -0.15) is 0 Å². The highest BCUT2D eigenvalue weighted by atomic mass is 35.5. The van der Waals surface area contributed by atoms with E-state index < -0.39 is 0 Å². The maximum Gasteiger partial charge on any atom is 0.239 e. The van der Waals surface area contributed by atoms with Gasteiger partial charge in [0.25, 0.3) is 0 Å². The Bertz CT molecular complexity index is 1210. The molecule has 0 spiro atoms. The monoisotopic (exact) mass is 408 g/mol. The van der Waals surface area contributed by atoms with E-state index in [1.165, 1.54) is 6.92 Å². The number of hydrogen-bond acceptors (Lipinski definition) is 2. The first kappa shape index (κ1) is 19.1. The normalized spacial score (nSPS) is 11.1. The van der Waals surface area contributed by atoms with Gasteiger partial charge in [-0.1, -0.05) is 17.7 Å². The van der Waals surface area contributed by atoms with Crippen molar-refractivity contribution in [2.24, 2.45) is 0 Å². The first-order valence-electron chi connectivity index (χ1n) is 9.39. The summed E-state index contributed by atoms with van der Waals surface area (Å²) in [7, 11) is 0. The third kappa shape index (κ3) is 4.12. The molecule has 2 amide bonds. The van der Waals surface area contributed by atoms with Crippen LogP contribution >= 0.6 is 11.6 Å². The van der Waals surface area contributed by atoms with Crippen LogP contribution < -0.4 is 10.6 Å². The second kappa shape index (κ2) is 8.01. The van der Waals surface area contributed by atoms with Gasteiger partial charge < -0.3 is 20.2 Å². The van der Waals surface area contributed by atoms with E-state index in [0.717, 1.165) is 33.1 Å². The molecule has 2 aromatic carbocycles. The average molecular weight is 409 g/mol. The number of benzene rings is 2. The van der Waals surface area contributed by atoms with E-state index in [-0.39, 0.29) is 18.4 Å². The molecule has 2 aromatic heterocycles. The minimum atomic E-state index is -0.124. The molecule has 4 rings (SSSR count). The molecule has 4 aromatic rings. The fraction of sp³-hybridized carbons (Fsp3) is 0.182. The molecular weight excluding hydrogens is 388 g/mol. The minimum Gasteiger partial charge on any atom is -0.361 e. The highest BCUT2D eigenvalue weighted by molar-refractivity contribution is 6.31. The topological polar surface area (TPSA) is 78.9 Å². The maximum absolute atomic E-state index is 12.4. The summed E-state index contributed by atoms with van der Waals surface area (Å²) in [5.74, 6) is -0.188. The number of carbonyl (C=O) groups excluding carboxylic acids is 2. The van der Waals surface area contributed by atoms with Crippen LogP contribution in [0.3, 0.4) is 0 Å². The SMILES string of the molecule is CC(=O)Nc1cccc2c1ccn2CC(=O)NCCc1c[nH]c2ccc(Cl)cc12. The number of carbonyl (C=O) groups is 2. The van der Waals surface area contributed by atoms with E-state index in [4.69, 9.17) is 11.6 Å². The Labute approximate surface area is 172 Å². The highest BCUT2D eigenvalue weighted by Gasteiger charge is 2.10. The molecule has 148 valence electrons. The summed E-state index contributed by atoms with van der Waals surface area (Å²) in [5, 5.41) is 8.47. The van der Waals surface area contributed by atoms with Gasteiger partial charge in [0.2, 0.25) is 11.8 Å². The zero-order valence-electron chi connectivity index (χ0n) is 16.0. The van der Waals surface area contributed by atoms with Crippen molar-refractivity contribution in [2.75, 3.05) is 11.9 Å². The van der Waals surface area contributed by atoms with Crippen molar-refractivity contribution >= 4 is 50.9 Å². The number of hydrogen-bond donors (Lipinski definition) is 3. The van der Waals surface area contributed by atoms with Gasteiger partial charge in [0.05, 0.1) is 11.2 Å². The summed E-state index contributed by atoms with van der Waals surface area (Å²) in [4.78, 5) is 27.0. The molecule has 0 radical (unpaired) electrons. The molecule has 0 aliphatic heterocycles. The van der Waals surface area contributed by atoms with Gasteiger partial charge in [-0.3, -0.25) is 9.59 Å². The second-order valence-electron chi connectivity index (χ2n) is 6.97. The summed E-state index contributed by atoms with van der Waals surface area (Å²) in [5.41, 5.74) is 3.79. The molecule has 0 bridgehead atoms. The highest BCUT2D eigenvalue weighted by Crippen LogP contribution is 2.25. The summed E-state index contributed by atoms with van der Waals surface area (Å²) < 4.78 is 1.88. The third-order valence-corrected chi connectivity index (χ3v) is 5.12. The zero-order chi connectivity index (χ0) is 20.4. The van der Waals surface area contributed by atoms with E-state index in [0.29, 0.717) is 18.0 Å². The molecular formula is C22H21ClN4O2. The van der Waals surface area contributed by atoms with E-state index >= 15 is 0 Å². The first-order chi connectivity index (χ1) is 14.0. The maximum atomic E-state index is 12.4. The van der Waals surface area contributed by atoms with Gasteiger partial charge in [0.1, 0.15) is 6.54 Å². The Kier molecular flexibility index (Phi) is 5.27. The van der Waals surface area contributed by atoms with Gasteiger partial charge >= 0.3 is 0 Å². The van der Waals surface area contributed by atoms with Crippen LogP contribution in [-0.4, -0.2) is 27.9 Å². The smallest absolute Gasteiger partial charge is 0.239 e. The molecule has 0 atom stereocenters. The average Bonchev–Trinajstić information content (AvgIpc) is 3.26. The molecule has 7 heteroatoms. The van der Waals surface area contributed by atoms with Crippen molar-refractivity contribution in [3.05, 3.63) is 65.4 Å². The van der Waals surface area contributed by atoms with Crippen molar-refractivity contribution in [3.63, 3.8) is 0 Å². The van der Waals surface area contributed by atoms with Crippen LogP contribution in [0.15, 0.2) is 54.9 Å². The summed E-state index contributed by atoms with van der Waals surface area (Å²) >= 11 is 6.09. The zero-order valence-corrected chi connectivity index (χ0v) is 16.7. The van der Waals surface area contributed by atoms with Crippen molar-refractivity contribution in [3.8, 4) is 0 Å². The molecule has 0 aliphatic carbocycles. The lowest BCUT2D eigenvalue weighted by Gasteiger charge is -2.09. The number of aromatic nitrogens is 2. The van der Waals surface area contributed by atoms with Crippen LogP contribution in [0.1, 0.15) is 12.5 Å². The molecule has 3 N–H and O–H groups in total. The number of nitrogens with one attached hydrogen (secondary N) is 3. The number of amides is 2. The number of anilines is 1. The van der Waals surface area contributed by atoms with Gasteiger partial charge in [0, 0.05) is 47.2 Å². The standard InChI is InChI=1S/C22H21ClN4O2/c1-14(28)26-20-3-2-4-21-17(20)8-10-27(21)13-22(29)24-9-7-15-12-25-19-6-5-16(23)11-18(15)19/h2-6,8,10-12,25H,7,9,13H2,1H3,(H,24,29)(H,26,28). The Morgan fingerprint density at radius 3 is 2.83 bits per heavy atom. The lowest BCUT2D eigenvalue weighted by atomic mass is 10.1. The molecule has 2 heterocycles. The molecule has 6 nitrogen and oxygen atoms in total. The number of nitrogens with zero attached hydrogens (tertiary/aromatic N) is 1. The van der Waals surface area contributed by atoms with Gasteiger partial charge in [-0.15, -0.1) is 0 Å². The molecule has 29 heavy (non-hydrogen) atoms. The minimum absolute atomic E-state index is 0.0645. The quantitative estimate of drug-likeness (QED) is 0.449. The first-order valence-corrected chi connectivity index (χ1v) is 9.77. The number of rotatable bonds is 6.